The summed E-state index contributed by atoms with van der Waals surface area (Å²) in [6.07, 6.45) is 0.861. The molecule has 7 nitrogen and oxygen atoms in total. The molecule has 3 aliphatic rings. The Labute approximate surface area is 324 Å². The molecule has 5 aromatic rings. The fraction of sp³-hybridized carbons (Fsp3) is 0.225. The maximum atomic E-state index is 13.7. The molecule has 2 saturated carbocycles. The van der Waals surface area contributed by atoms with Gasteiger partial charge in [0.1, 0.15) is 0 Å². The largest absolute Gasteiger partial charge is 0.454 e. The van der Waals surface area contributed by atoms with E-state index in [0.29, 0.717) is 48.5 Å². The van der Waals surface area contributed by atoms with E-state index in [0.717, 1.165) is 17.5 Å². The fourth-order valence-corrected chi connectivity index (χ4v) is 10.5. The normalized spacial score (nSPS) is 23.6. The molecule has 256 valence electrons. The van der Waals surface area contributed by atoms with Crippen LogP contribution in [-0.4, -0.2) is 44.8 Å². The Kier molecular flexibility index (Phi) is 9.02. The van der Waals surface area contributed by atoms with Gasteiger partial charge in [-0.2, -0.15) is 0 Å². The molecular formula is C40H28Br3ClN2O5. The third kappa shape index (κ3) is 5.79. The highest BCUT2D eigenvalue weighted by Crippen LogP contribution is 2.60. The quantitative estimate of drug-likeness (QED) is 0.0700. The van der Waals surface area contributed by atoms with Crippen LogP contribution in [0.15, 0.2) is 95.5 Å². The van der Waals surface area contributed by atoms with E-state index >= 15 is 0 Å². The Morgan fingerprint density at radius 2 is 1.43 bits per heavy atom. The van der Waals surface area contributed by atoms with E-state index in [-0.39, 0.29) is 56.5 Å². The number of esters is 1. The van der Waals surface area contributed by atoms with Crippen molar-refractivity contribution in [3.63, 3.8) is 0 Å². The molecule has 0 spiro atoms. The molecule has 1 aliphatic heterocycles. The predicted molar refractivity (Wildman–Crippen MR) is 208 cm³/mol. The molecule has 2 bridgehead atoms. The Hall–Kier alpha value is -3.70. The Balaban J connectivity index is 1.06. The van der Waals surface area contributed by atoms with Gasteiger partial charge in [-0.3, -0.25) is 19.3 Å². The number of alkyl halides is 2. The zero-order valence-electron chi connectivity index (χ0n) is 27.0. The minimum absolute atomic E-state index is 0.121. The average Bonchev–Trinajstić information content (AvgIpc) is 3.77. The number of aromatic nitrogens is 1. The highest BCUT2D eigenvalue weighted by Gasteiger charge is 2.66. The van der Waals surface area contributed by atoms with E-state index in [1.807, 2.05) is 49.4 Å². The first-order valence-corrected chi connectivity index (χ1v) is 19.4. The number of hydrogen-bond acceptors (Lipinski definition) is 6. The van der Waals surface area contributed by atoms with E-state index in [4.69, 9.17) is 21.3 Å². The summed E-state index contributed by atoms with van der Waals surface area (Å²) in [6, 6.07) is 27.4. The smallest absolute Gasteiger partial charge is 0.339 e. The van der Waals surface area contributed by atoms with Crippen LogP contribution >= 0.6 is 59.4 Å². The molecule has 2 heterocycles. The van der Waals surface area contributed by atoms with E-state index < -0.39 is 12.6 Å². The van der Waals surface area contributed by atoms with Gasteiger partial charge in [0.15, 0.2) is 12.4 Å². The molecule has 0 N–H and O–H groups in total. The molecule has 6 unspecified atom stereocenters. The van der Waals surface area contributed by atoms with Gasteiger partial charge in [-0.25, -0.2) is 9.78 Å². The number of aryl methyl sites for hydroxylation is 1. The Morgan fingerprint density at radius 3 is 2.06 bits per heavy atom. The van der Waals surface area contributed by atoms with Crippen LogP contribution < -0.4 is 4.90 Å². The number of fused-ring (bicyclic) bond motifs is 6. The number of amides is 2. The van der Waals surface area contributed by atoms with Crippen LogP contribution in [-0.2, 0) is 14.3 Å². The molecule has 2 aliphatic carbocycles. The first-order valence-electron chi connectivity index (χ1n) is 16.4. The number of pyridine rings is 1. The first kappa shape index (κ1) is 34.4. The van der Waals surface area contributed by atoms with E-state index in [1.165, 1.54) is 4.90 Å². The zero-order chi connectivity index (χ0) is 35.7. The van der Waals surface area contributed by atoms with Gasteiger partial charge < -0.3 is 4.74 Å². The number of imide groups is 1. The number of carbonyl (C=O) groups is 4. The van der Waals surface area contributed by atoms with Crippen molar-refractivity contribution in [3.8, 4) is 22.4 Å². The molecule has 1 saturated heterocycles. The van der Waals surface area contributed by atoms with Gasteiger partial charge >= 0.3 is 5.97 Å². The van der Waals surface area contributed by atoms with Gasteiger partial charge in [0.2, 0.25) is 11.8 Å². The number of carbonyl (C=O) groups excluding carboxylic acids is 4. The molecule has 8 rings (SSSR count). The highest BCUT2D eigenvalue weighted by molar-refractivity contribution is 9.12. The van der Waals surface area contributed by atoms with Crippen LogP contribution in [0, 0.1) is 30.6 Å². The van der Waals surface area contributed by atoms with Crippen molar-refractivity contribution in [1.29, 1.82) is 0 Å². The average molecular weight is 892 g/mol. The molecule has 4 aromatic carbocycles. The lowest BCUT2D eigenvalue weighted by atomic mass is 9.81. The second kappa shape index (κ2) is 13.4. The fourth-order valence-electron chi connectivity index (χ4n) is 7.93. The summed E-state index contributed by atoms with van der Waals surface area (Å²) in [5.41, 5.74) is 5.43. The minimum Gasteiger partial charge on any atom is -0.454 e. The Morgan fingerprint density at radius 1 is 0.843 bits per heavy atom. The summed E-state index contributed by atoms with van der Waals surface area (Å²) < 4.78 is 6.19. The van der Waals surface area contributed by atoms with Crippen LogP contribution in [0.1, 0.15) is 32.7 Å². The number of Topliss-reactive ketones (excluding diaryl/α,β-unsaturated/α-hetero) is 1. The molecule has 0 radical (unpaired) electrons. The number of anilines is 1. The van der Waals surface area contributed by atoms with Crippen molar-refractivity contribution in [3.05, 3.63) is 117 Å². The molecule has 3 fully saturated rings. The SMILES string of the molecule is Cc1c(Cl)c(Br)cc2c(C(=O)OCC(=O)c3ccc(-c4ccccc4)cc3)cc(-c3ccc(N4C(=O)C5C6CC(C(Br)C6Br)C5C4=O)cc3)nc12. The van der Waals surface area contributed by atoms with Crippen LogP contribution in [0.2, 0.25) is 5.02 Å². The van der Waals surface area contributed by atoms with Crippen LogP contribution in [0.5, 0.6) is 0 Å². The molecular weight excluding hydrogens is 864 g/mol. The number of hydrogen-bond donors (Lipinski definition) is 0. The van der Waals surface area contributed by atoms with Gasteiger partial charge in [0.05, 0.1) is 39.3 Å². The number of halogens is 4. The van der Waals surface area contributed by atoms with Crippen molar-refractivity contribution >= 4 is 99.5 Å². The van der Waals surface area contributed by atoms with Crippen molar-refractivity contribution in [1.82, 2.24) is 4.98 Å². The zero-order valence-corrected chi connectivity index (χ0v) is 32.5. The summed E-state index contributed by atoms with van der Waals surface area (Å²) >= 11 is 17.6. The third-order valence-electron chi connectivity index (χ3n) is 10.5. The number of rotatable bonds is 7. The lowest BCUT2D eigenvalue weighted by Crippen LogP contribution is -2.37. The second-order valence-corrected chi connectivity index (χ2v) is 16.6. The number of benzene rings is 4. The summed E-state index contributed by atoms with van der Waals surface area (Å²) in [7, 11) is 0. The molecule has 1 aromatic heterocycles. The van der Waals surface area contributed by atoms with Crippen molar-refractivity contribution in [2.75, 3.05) is 11.5 Å². The third-order valence-corrected chi connectivity index (χ3v) is 15.0. The number of ether oxygens (including phenoxy) is 1. The Bertz CT molecular complexity index is 2230. The number of ketones is 1. The van der Waals surface area contributed by atoms with Crippen molar-refractivity contribution < 1.29 is 23.9 Å². The molecule has 2 amide bonds. The monoisotopic (exact) mass is 888 g/mol. The maximum absolute atomic E-state index is 13.7. The van der Waals surface area contributed by atoms with Gasteiger partial charge in [0.25, 0.3) is 0 Å². The van der Waals surface area contributed by atoms with Crippen LogP contribution in [0.3, 0.4) is 0 Å². The molecule has 51 heavy (non-hydrogen) atoms. The standard InChI is InChI=1S/C40H28Br3ClN2O5/c1-19-36(44)29(41)16-25-26(40(50)51-18-31(47)23-9-7-21(8-10-23)20-5-3-2-4-6-20)17-30(45-37(19)25)22-11-13-24(14-12-22)46-38(48)32-27-15-28(33(32)39(46)49)35(43)34(27)42/h2-14,16-17,27-28,32-35H,15,18H2,1H3. The van der Waals surface area contributed by atoms with Crippen LogP contribution in [0.25, 0.3) is 33.3 Å². The van der Waals surface area contributed by atoms with E-state index in [1.54, 1.807) is 48.5 Å². The van der Waals surface area contributed by atoms with Crippen molar-refractivity contribution in [2.24, 2.45) is 23.7 Å². The maximum Gasteiger partial charge on any atom is 0.339 e. The number of nitrogens with zero attached hydrogens (tertiary/aromatic N) is 2. The topological polar surface area (TPSA) is 93.6 Å². The van der Waals surface area contributed by atoms with E-state index in [9.17, 15) is 19.2 Å². The summed E-state index contributed by atoms with van der Waals surface area (Å²) in [5.74, 6) is -1.72. The molecule has 11 heteroatoms. The predicted octanol–water partition coefficient (Wildman–Crippen LogP) is 9.62. The van der Waals surface area contributed by atoms with Gasteiger partial charge in [-0.15, -0.1) is 0 Å². The second-order valence-electron chi connectivity index (χ2n) is 13.3. The van der Waals surface area contributed by atoms with E-state index in [2.05, 4.69) is 47.8 Å². The summed E-state index contributed by atoms with van der Waals surface area (Å²) in [5, 5.41) is 0.969. The summed E-state index contributed by atoms with van der Waals surface area (Å²) in [6.45, 7) is 1.37. The van der Waals surface area contributed by atoms with Crippen LogP contribution in [0.4, 0.5) is 5.69 Å². The lowest BCUT2D eigenvalue weighted by Gasteiger charge is -2.28. The summed E-state index contributed by atoms with van der Waals surface area (Å²) in [4.78, 5) is 60.5. The van der Waals surface area contributed by atoms with Gasteiger partial charge in [0, 0.05) is 30.6 Å². The highest BCUT2D eigenvalue weighted by atomic mass is 79.9. The molecule has 6 atom stereocenters. The van der Waals surface area contributed by atoms with Crippen molar-refractivity contribution in [2.45, 2.75) is 23.0 Å². The van der Waals surface area contributed by atoms with Gasteiger partial charge in [-0.1, -0.05) is 110 Å². The van der Waals surface area contributed by atoms with Gasteiger partial charge in [-0.05, 0) is 82.1 Å². The first-order chi connectivity index (χ1) is 24.5. The lowest BCUT2D eigenvalue weighted by molar-refractivity contribution is -0.123. The minimum atomic E-state index is -0.687.